The number of carboxylic acid groups (broad SMARTS) is 1. The predicted octanol–water partition coefficient (Wildman–Crippen LogP) is 5.54. The highest BCUT2D eigenvalue weighted by Crippen LogP contribution is 2.38. The van der Waals surface area contributed by atoms with Gasteiger partial charge in [0.05, 0.1) is 18.3 Å². The molecular formula is C31H35F3N4O6. The zero-order valence-electron chi connectivity index (χ0n) is 24.7. The zero-order chi connectivity index (χ0) is 32.1. The topological polar surface area (TPSA) is 121 Å². The second-order valence-electron chi connectivity index (χ2n) is 11.0. The van der Waals surface area contributed by atoms with E-state index in [0.717, 1.165) is 23.0 Å². The van der Waals surface area contributed by atoms with E-state index in [4.69, 9.17) is 19.4 Å². The van der Waals surface area contributed by atoms with Gasteiger partial charge in [0, 0.05) is 36.8 Å². The van der Waals surface area contributed by atoms with E-state index in [9.17, 15) is 22.8 Å². The van der Waals surface area contributed by atoms with Crippen LogP contribution in [0.15, 0.2) is 54.7 Å². The smallest absolute Gasteiger partial charge is 0.490 e. The van der Waals surface area contributed by atoms with Gasteiger partial charge in [-0.2, -0.15) is 13.2 Å². The Morgan fingerprint density at radius 1 is 1.09 bits per heavy atom. The number of para-hydroxylation sites is 1. The van der Waals surface area contributed by atoms with Gasteiger partial charge in [-0.05, 0) is 56.5 Å². The summed E-state index contributed by atoms with van der Waals surface area (Å²) in [4.78, 5) is 43.4. The van der Waals surface area contributed by atoms with Gasteiger partial charge in [-0.3, -0.25) is 9.78 Å². The number of rotatable bonds is 9. The van der Waals surface area contributed by atoms with E-state index in [1.165, 1.54) is 30.6 Å². The number of carbonyl (C=O) groups excluding carboxylic acids is 2. The Morgan fingerprint density at radius 3 is 2.43 bits per heavy atom. The van der Waals surface area contributed by atoms with Crippen molar-refractivity contribution >= 4 is 34.5 Å². The molecule has 0 spiro atoms. The van der Waals surface area contributed by atoms with Crippen LogP contribution in [0.3, 0.4) is 0 Å². The maximum absolute atomic E-state index is 13.7. The highest BCUT2D eigenvalue weighted by molar-refractivity contribution is 6.23. The van der Waals surface area contributed by atoms with Gasteiger partial charge in [-0.1, -0.05) is 31.0 Å². The van der Waals surface area contributed by atoms with E-state index in [1.54, 1.807) is 50.3 Å². The lowest BCUT2D eigenvalue weighted by Gasteiger charge is -2.28. The molecular weight excluding hydrogens is 581 g/mol. The number of nitrogens with zero attached hydrogens (tertiary/aromatic N) is 3. The number of benzene rings is 2. The largest absolute Gasteiger partial charge is 0.493 e. The number of carbonyl (C=O) groups is 3. The first-order chi connectivity index (χ1) is 20.8. The average Bonchev–Trinajstić information content (AvgIpc) is 3.56. The van der Waals surface area contributed by atoms with Gasteiger partial charge in [0.1, 0.15) is 12.1 Å². The van der Waals surface area contributed by atoms with Crippen molar-refractivity contribution in [3.63, 3.8) is 0 Å². The van der Waals surface area contributed by atoms with Gasteiger partial charge in [-0.15, -0.1) is 0 Å². The number of hydrogen-bond acceptors (Lipinski definition) is 7. The third kappa shape index (κ3) is 7.21. The predicted molar refractivity (Wildman–Crippen MR) is 157 cm³/mol. The highest BCUT2D eigenvalue weighted by atomic mass is 19.4. The minimum Gasteiger partial charge on any atom is -0.493 e. The number of urea groups is 1. The minimum absolute atomic E-state index is 0.283. The molecule has 44 heavy (non-hydrogen) atoms. The van der Waals surface area contributed by atoms with Gasteiger partial charge in [0.15, 0.2) is 11.5 Å². The zero-order valence-corrected chi connectivity index (χ0v) is 24.7. The number of aliphatic carboxylic acids is 1. The van der Waals surface area contributed by atoms with Crippen LogP contribution in [0.5, 0.6) is 11.5 Å². The first-order valence-electron chi connectivity index (χ1n) is 14.2. The fourth-order valence-electron chi connectivity index (χ4n) is 5.26. The number of imide groups is 1. The standard InChI is InChI=1S/C29H34N4O4.C2HF3O2/c1-29(2)27(34)33(28(35)32(29)19-20-14-15-31-24-11-7-6-10-23(20)24)22-12-13-25(36-3)26(18-22)37-17-16-30-21-8-4-5-9-21;3-2(4,5)1(6)7/h6-7,10-15,18,21,30H,4-5,8-9,16-17,19H2,1-3H3;(H,6,7). The number of carboxylic acids is 1. The van der Waals surface area contributed by atoms with Crippen molar-refractivity contribution in [3.05, 3.63) is 60.3 Å². The number of fused-ring (bicyclic) bond motifs is 1. The molecule has 2 N–H and O–H groups in total. The Morgan fingerprint density at radius 2 is 1.77 bits per heavy atom. The Labute approximate surface area is 252 Å². The quantitative estimate of drug-likeness (QED) is 0.238. The summed E-state index contributed by atoms with van der Waals surface area (Å²) < 4.78 is 43.2. The molecule has 2 aliphatic rings. The van der Waals surface area contributed by atoms with Gasteiger partial charge in [0.2, 0.25) is 0 Å². The Bertz CT molecular complexity index is 1500. The molecule has 2 aromatic carbocycles. The molecule has 1 saturated heterocycles. The summed E-state index contributed by atoms with van der Waals surface area (Å²) in [5.74, 6) is -1.98. The van der Waals surface area contributed by atoms with E-state index in [-0.39, 0.29) is 11.9 Å². The molecule has 5 rings (SSSR count). The Hall–Kier alpha value is -4.39. The van der Waals surface area contributed by atoms with E-state index in [0.29, 0.717) is 36.4 Å². The number of anilines is 1. The molecule has 0 atom stereocenters. The number of aromatic nitrogens is 1. The first-order valence-corrected chi connectivity index (χ1v) is 14.2. The number of nitrogens with one attached hydrogen (secondary N) is 1. The van der Waals surface area contributed by atoms with Gasteiger partial charge >= 0.3 is 18.2 Å². The van der Waals surface area contributed by atoms with Gasteiger partial charge in [0.25, 0.3) is 5.91 Å². The van der Waals surface area contributed by atoms with Crippen molar-refractivity contribution in [1.29, 1.82) is 0 Å². The molecule has 3 aromatic rings. The molecule has 3 amide bonds. The maximum Gasteiger partial charge on any atom is 0.490 e. The summed E-state index contributed by atoms with van der Waals surface area (Å²) in [6.07, 6.45) is 1.62. The summed E-state index contributed by atoms with van der Waals surface area (Å²) in [6.45, 7) is 5.05. The number of pyridine rings is 1. The molecule has 0 unspecified atom stereocenters. The van der Waals surface area contributed by atoms with Crippen LogP contribution < -0.4 is 19.7 Å². The number of methoxy groups -OCH3 is 1. The van der Waals surface area contributed by atoms with Crippen LogP contribution in [0.4, 0.5) is 23.7 Å². The molecule has 10 nitrogen and oxygen atoms in total. The molecule has 0 bridgehead atoms. The molecule has 1 aromatic heterocycles. The molecule has 2 fully saturated rings. The van der Waals surface area contributed by atoms with Crippen LogP contribution in [0.1, 0.15) is 45.1 Å². The Kier molecular flexibility index (Phi) is 9.98. The highest BCUT2D eigenvalue weighted by Gasteiger charge is 2.52. The molecule has 236 valence electrons. The van der Waals surface area contributed by atoms with Gasteiger partial charge < -0.3 is 24.8 Å². The SMILES string of the molecule is COc1ccc(N2C(=O)N(Cc3ccnc4ccccc34)C(C)(C)C2=O)cc1OCCNC1CCCC1.O=C(O)C(F)(F)F. The third-order valence-corrected chi connectivity index (χ3v) is 7.69. The molecule has 1 aliphatic heterocycles. The Balaban J connectivity index is 0.000000566. The molecule has 13 heteroatoms. The number of halogens is 3. The lowest BCUT2D eigenvalue weighted by molar-refractivity contribution is -0.192. The van der Waals surface area contributed by atoms with Crippen LogP contribution in [0.25, 0.3) is 10.9 Å². The van der Waals surface area contributed by atoms with Crippen molar-refractivity contribution in [2.75, 3.05) is 25.2 Å². The van der Waals surface area contributed by atoms with Crippen LogP contribution >= 0.6 is 0 Å². The van der Waals surface area contributed by atoms with Crippen molar-refractivity contribution in [2.24, 2.45) is 0 Å². The van der Waals surface area contributed by atoms with Crippen LogP contribution in [0.2, 0.25) is 0 Å². The monoisotopic (exact) mass is 616 g/mol. The van der Waals surface area contributed by atoms with E-state index < -0.39 is 17.7 Å². The van der Waals surface area contributed by atoms with Gasteiger partial charge in [-0.25, -0.2) is 14.5 Å². The molecule has 2 heterocycles. The lowest BCUT2D eigenvalue weighted by Crippen LogP contribution is -2.43. The second kappa shape index (κ2) is 13.5. The summed E-state index contributed by atoms with van der Waals surface area (Å²) in [6, 6.07) is 15.1. The minimum atomic E-state index is -5.08. The third-order valence-electron chi connectivity index (χ3n) is 7.69. The van der Waals surface area contributed by atoms with Crippen LogP contribution in [-0.4, -0.2) is 70.9 Å². The second-order valence-corrected chi connectivity index (χ2v) is 11.0. The van der Waals surface area contributed by atoms with Crippen LogP contribution in [-0.2, 0) is 16.1 Å². The fraction of sp³-hybridized carbons (Fsp3) is 0.419. The first kappa shape index (κ1) is 32.5. The maximum atomic E-state index is 13.7. The fourth-order valence-corrected chi connectivity index (χ4v) is 5.26. The average molecular weight is 617 g/mol. The summed E-state index contributed by atoms with van der Waals surface area (Å²) >= 11 is 0. The lowest BCUT2D eigenvalue weighted by atomic mass is 10.0. The number of ether oxygens (including phenoxy) is 2. The molecule has 0 radical (unpaired) electrons. The number of amides is 3. The number of hydrogen-bond donors (Lipinski definition) is 2. The van der Waals surface area contributed by atoms with E-state index in [1.807, 2.05) is 30.3 Å². The normalized spacial score (nSPS) is 16.7. The van der Waals surface area contributed by atoms with Crippen molar-refractivity contribution in [2.45, 2.75) is 63.8 Å². The summed E-state index contributed by atoms with van der Waals surface area (Å²) in [5.41, 5.74) is 1.24. The van der Waals surface area contributed by atoms with Crippen molar-refractivity contribution < 1.29 is 42.1 Å². The number of alkyl halides is 3. The summed E-state index contributed by atoms with van der Waals surface area (Å²) in [5, 5.41) is 11.6. The van der Waals surface area contributed by atoms with Crippen molar-refractivity contribution in [1.82, 2.24) is 15.2 Å². The van der Waals surface area contributed by atoms with E-state index >= 15 is 0 Å². The molecule has 1 saturated carbocycles. The van der Waals surface area contributed by atoms with Crippen molar-refractivity contribution in [3.8, 4) is 11.5 Å². The molecule has 1 aliphatic carbocycles. The summed E-state index contributed by atoms with van der Waals surface area (Å²) in [7, 11) is 1.58. The van der Waals surface area contributed by atoms with E-state index in [2.05, 4.69) is 10.3 Å². The van der Waals surface area contributed by atoms with Crippen LogP contribution in [0, 0.1) is 0 Å².